The van der Waals surface area contributed by atoms with Gasteiger partial charge in [0.15, 0.2) is 12.0 Å². The quantitative estimate of drug-likeness (QED) is 0.0901. The highest BCUT2D eigenvalue weighted by atomic mass is 16.4. The fraction of sp³-hybridized carbons (Fsp3) is 0.750. The average molecular weight is 472 g/mol. The number of carbonyl (C=O) groups excluding carboxylic acids is 3. The molecule has 0 aliphatic carbocycles. The lowest BCUT2D eigenvalue weighted by atomic mass is 10.0. The Morgan fingerprint density at radius 2 is 1.79 bits per heavy atom. The summed E-state index contributed by atoms with van der Waals surface area (Å²) >= 11 is 0. The lowest BCUT2D eigenvalue weighted by Crippen LogP contribution is -2.58. The van der Waals surface area contributed by atoms with E-state index in [1.54, 1.807) is 0 Å². The number of nitrogens with one attached hydrogen (secondary N) is 2. The van der Waals surface area contributed by atoms with Gasteiger partial charge in [-0.25, -0.2) is 4.79 Å². The number of carbonyl (C=O) groups is 4. The van der Waals surface area contributed by atoms with E-state index in [1.807, 2.05) is 13.8 Å². The van der Waals surface area contributed by atoms with Gasteiger partial charge >= 0.3 is 5.97 Å². The normalized spacial score (nSPS) is 19.3. The molecule has 33 heavy (non-hydrogen) atoms. The number of amides is 3. The fourth-order valence-corrected chi connectivity index (χ4v) is 3.46. The maximum absolute atomic E-state index is 13.0. The van der Waals surface area contributed by atoms with Crippen LogP contribution in [0.4, 0.5) is 0 Å². The molecule has 0 bridgehead atoms. The van der Waals surface area contributed by atoms with Gasteiger partial charge in [-0.05, 0) is 38.5 Å². The van der Waals surface area contributed by atoms with Crippen LogP contribution in [0.3, 0.4) is 0 Å². The molecular formula is C20H37N7O6. The van der Waals surface area contributed by atoms with Crippen LogP contribution < -0.4 is 27.8 Å². The van der Waals surface area contributed by atoms with Crippen LogP contribution in [-0.2, 0) is 19.2 Å². The molecule has 1 rings (SSSR count). The summed E-state index contributed by atoms with van der Waals surface area (Å²) in [5.74, 6) is -3.31. The van der Waals surface area contributed by atoms with Crippen LogP contribution in [-0.4, -0.2) is 88.1 Å². The van der Waals surface area contributed by atoms with Crippen LogP contribution in [0.25, 0.3) is 0 Å². The molecule has 0 spiro atoms. The molecular weight excluding hydrogens is 434 g/mol. The van der Waals surface area contributed by atoms with Crippen LogP contribution >= 0.6 is 0 Å². The maximum atomic E-state index is 13.0. The Morgan fingerprint density at radius 3 is 2.30 bits per heavy atom. The third kappa shape index (κ3) is 8.50. The highest BCUT2D eigenvalue weighted by Crippen LogP contribution is 2.20. The number of nitrogens with two attached hydrogens (primary N) is 3. The second kappa shape index (κ2) is 12.9. The molecule has 1 fully saturated rings. The number of rotatable bonds is 12. The summed E-state index contributed by atoms with van der Waals surface area (Å²) in [7, 11) is 0. The number of guanidine groups is 1. The molecule has 10 N–H and O–H groups in total. The van der Waals surface area contributed by atoms with Gasteiger partial charge in [0.05, 0.1) is 12.1 Å². The van der Waals surface area contributed by atoms with Crippen molar-refractivity contribution in [2.24, 2.45) is 28.1 Å². The van der Waals surface area contributed by atoms with Gasteiger partial charge in [-0.1, -0.05) is 13.8 Å². The molecule has 0 aromatic carbocycles. The Morgan fingerprint density at radius 1 is 1.15 bits per heavy atom. The Bertz CT molecular complexity index is 738. The van der Waals surface area contributed by atoms with Crippen molar-refractivity contribution in [1.82, 2.24) is 15.5 Å². The molecule has 0 radical (unpaired) electrons. The predicted molar refractivity (Wildman–Crippen MR) is 121 cm³/mol. The third-order valence-corrected chi connectivity index (χ3v) is 5.47. The number of aliphatic hydroxyl groups excluding tert-OH is 1. The average Bonchev–Trinajstić information content (AvgIpc) is 3.21. The zero-order valence-electron chi connectivity index (χ0n) is 19.4. The van der Waals surface area contributed by atoms with Gasteiger partial charge in [0.1, 0.15) is 12.1 Å². The summed E-state index contributed by atoms with van der Waals surface area (Å²) in [5.41, 5.74) is 16.6. The fourth-order valence-electron chi connectivity index (χ4n) is 3.46. The summed E-state index contributed by atoms with van der Waals surface area (Å²) < 4.78 is 0. The van der Waals surface area contributed by atoms with Crippen molar-refractivity contribution in [3.63, 3.8) is 0 Å². The topological polar surface area (TPSA) is 226 Å². The van der Waals surface area contributed by atoms with Crippen LogP contribution in [0.15, 0.2) is 4.99 Å². The number of carboxylic acid groups (broad SMARTS) is 1. The molecule has 1 aliphatic heterocycles. The third-order valence-electron chi connectivity index (χ3n) is 5.47. The second-order valence-corrected chi connectivity index (χ2v) is 8.53. The SMILES string of the molecule is CC(C)C(N)C(=O)N1CCCC1C(=O)NC(CCCN=C(N)N)C(=O)NC(C(=O)O)C(C)O. The molecule has 1 aliphatic rings. The largest absolute Gasteiger partial charge is 0.480 e. The monoisotopic (exact) mass is 471 g/mol. The summed E-state index contributed by atoms with van der Waals surface area (Å²) in [6, 6.07) is -4.21. The number of aliphatic carboxylic acids is 1. The summed E-state index contributed by atoms with van der Waals surface area (Å²) in [6.07, 6.45) is 0.0841. The first-order valence-electron chi connectivity index (χ1n) is 11.0. The van der Waals surface area contributed by atoms with Crippen molar-refractivity contribution in [3.8, 4) is 0 Å². The summed E-state index contributed by atoms with van der Waals surface area (Å²) in [6.45, 7) is 5.42. The van der Waals surface area contributed by atoms with Crippen molar-refractivity contribution in [2.45, 2.75) is 76.7 Å². The van der Waals surface area contributed by atoms with Crippen molar-refractivity contribution in [1.29, 1.82) is 0 Å². The first-order valence-corrected chi connectivity index (χ1v) is 11.0. The van der Waals surface area contributed by atoms with Gasteiger partial charge in [0.2, 0.25) is 17.7 Å². The minimum Gasteiger partial charge on any atom is -0.480 e. The van der Waals surface area contributed by atoms with Crippen molar-refractivity contribution in [2.75, 3.05) is 13.1 Å². The van der Waals surface area contributed by atoms with E-state index >= 15 is 0 Å². The Kier molecular flexibility index (Phi) is 11.0. The lowest BCUT2D eigenvalue weighted by Gasteiger charge is -2.29. The molecule has 1 saturated heterocycles. The van der Waals surface area contributed by atoms with E-state index < -0.39 is 48.1 Å². The van der Waals surface area contributed by atoms with Crippen LogP contribution in [0, 0.1) is 5.92 Å². The number of carboxylic acids is 1. The highest BCUT2D eigenvalue weighted by molar-refractivity contribution is 5.94. The van der Waals surface area contributed by atoms with Crippen LogP contribution in [0.5, 0.6) is 0 Å². The molecule has 188 valence electrons. The Labute approximate surface area is 193 Å². The molecule has 5 atom stereocenters. The molecule has 0 saturated carbocycles. The van der Waals surface area contributed by atoms with E-state index in [4.69, 9.17) is 17.2 Å². The van der Waals surface area contributed by atoms with Gasteiger partial charge in [0.25, 0.3) is 0 Å². The molecule has 1 heterocycles. The lowest BCUT2D eigenvalue weighted by molar-refractivity contribution is -0.145. The standard InChI is InChI=1S/C20H37N7O6/c1-10(2)14(21)18(31)27-9-5-7-13(27)17(30)25-12(6-4-8-24-20(22)23)16(29)26-15(11(3)28)19(32)33/h10-15,28H,4-9,21H2,1-3H3,(H,25,30)(H,26,29)(H,32,33)(H4,22,23,24). The molecule has 13 heteroatoms. The number of nitrogens with zero attached hydrogens (tertiary/aromatic N) is 2. The van der Waals surface area contributed by atoms with Gasteiger partial charge in [-0.15, -0.1) is 0 Å². The van der Waals surface area contributed by atoms with E-state index in [0.717, 1.165) is 0 Å². The van der Waals surface area contributed by atoms with Gasteiger partial charge < -0.3 is 42.9 Å². The minimum absolute atomic E-state index is 0.104. The number of hydrogen-bond donors (Lipinski definition) is 7. The van der Waals surface area contributed by atoms with Gasteiger partial charge in [-0.2, -0.15) is 0 Å². The molecule has 13 nitrogen and oxygen atoms in total. The molecule has 0 aromatic rings. The number of hydrogen-bond acceptors (Lipinski definition) is 7. The number of likely N-dealkylation sites (tertiary alicyclic amines) is 1. The van der Waals surface area contributed by atoms with E-state index in [2.05, 4.69) is 15.6 Å². The first kappa shape index (κ1) is 28.1. The van der Waals surface area contributed by atoms with Crippen molar-refractivity contribution in [3.05, 3.63) is 0 Å². The second-order valence-electron chi connectivity index (χ2n) is 8.53. The first-order chi connectivity index (χ1) is 15.4. The number of aliphatic hydroxyl groups is 1. The highest BCUT2D eigenvalue weighted by Gasteiger charge is 2.38. The minimum atomic E-state index is -1.55. The van der Waals surface area contributed by atoms with E-state index in [9.17, 15) is 29.4 Å². The zero-order chi connectivity index (χ0) is 25.3. The van der Waals surface area contributed by atoms with Crippen molar-refractivity contribution >= 4 is 29.7 Å². The van der Waals surface area contributed by atoms with E-state index in [0.29, 0.717) is 25.8 Å². The molecule has 0 aromatic heterocycles. The molecule has 5 unspecified atom stereocenters. The van der Waals surface area contributed by atoms with E-state index in [-0.39, 0.29) is 30.8 Å². The Balaban J connectivity index is 2.97. The van der Waals surface area contributed by atoms with Crippen LogP contribution in [0.1, 0.15) is 46.5 Å². The Hall–Kier alpha value is -2.93. The van der Waals surface area contributed by atoms with Crippen LogP contribution in [0.2, 0.25) is 0 Å². The molecule has 3 amide bonds. The maximum Gasteiger partial charge on any atom is 0.328 e. The zero-order valence-corrected chi connectivity index (χ0v) is 19.4. The predicted octanol–water partition coefficient (Wildman–Crippen LogP) is -2.55. The summed E-state index contributed by atoms with van der Waals surface area (Å²) in [4.78, 5) is 55.1. The van der Waals surface area contributed by atoms with Crippen molar-refractivity contribution < 1.29 is 29.4 Å². The van der Waals surface area contributed by atoms with E-state index in [1.165, 1.54) is 11.8 Å². The summed E-state index contributed by atoms with van der Waals surface area (Å²) in [5, 5.41) is 23.7. The van der Waals surface area contributed by atoms with Gasteiger partial charge in [-0.3, -0.25) is 19.4 Å². The number of aliphatic imine (C=N–C) groups is 1. The van der Waals surface area contributed by atoms with Gasteiger partial charge in [0, 0.05) is 13.1 Å². The smallest absolute Gasteiger partial charge is 0.328 e.